The molecule has 1 amide bonds. The molecule has 0 atom stereocenters. The van der Waals surface area contributed by atoms with Crippen LogP contribution in [0.4, 0.5) is 14.5 Å². The molecule has 12 heteroatoms. The number of amides is 1. The fraction of sp³-hybridized carbons (Fsp3) is 0.111. The van der Waals surface area contributed by atoms with Crippen molar-refractivity contribution in [1.82, 2.24) is 24.6 Å². The smallest absolute Gasteiger partial charge is 0.264 e. The summed E-state index contributed by atoms with van der Waals surface area (Å²) in [6.45, 7) is 0.835. The Morgan fingerprint density at radius 3 is 2.41 bits per heavy atom. The minimum Gasteiger partial charge on any atom is -0.329 e. The second-order valence-corrected chi connectivity index (χ2v) is 10.6. The summed E-state index contributed by atoms with van der Waals surface area (Å²) in [5.74, 6) is -0.880. The molecular weight excluding hydrogens is 526 g/mol. The Morgan fingerprint density at radius 1 is 0.897 bits per heavy atom. The average Bonchev–Trinajstić information content (AvgIpc) is 3.35. The molecule has 2 aromatic heterocycles. The number of carbonyl (C=O) groups excluding carboxylic acids is 1. The van der Waals surface area contributed by atoms with E-state index in [1.54, 1.807) is 45.9 Å². The van der Waals surface area contributed by atoms with Crippen molar-refractivity contribution in [3.63, 3.8) is 0 Å². The molecule has 3 heterocycles. The normalized spacial score (nSPS) is 13.3. The fourth-order valence-corrected chi connectivity index (χ4v) is 5.83. The van der Waals surface area contributed by atoms with E-state index in [-0.39, 0.29) is 22.9 Å². The van der Waals surface area contributed by atoms with Gasteiger partial charge in [-0.1, -0.05) is 18.2 Å². The monoisotopic (exact) mass is 546 g/mol. The molecule has 0 saturated heterocycles. The Balaban J connectivity index is 1.18. The second-order valence-electron chi connectivity index (χ2n) is 8.99. The first-order valence-electron chi connectivity index (χ1n) is 11.9. The Kier molecular flexibility index (Phi) is 6.03. The lowest BCUT2D eigenvalue weighted by Crippen LogP contribution is -2.38. The lowest BCUT2D eigenvalue weighted by Gasteiger charge is -2.28. The molecule has 0 radical (unpaired) electrons. The zero-order valence-electron chi connectivity index (χ0n) is 20.3. The second kappa shape index (κ2) is 9.55. The van der Waals surface area contributed by atoms with Gasteiger partial charge in [-0.2, -0.15) is 0 Å². The van der Waals surface area contributed by atoms with Crippen LogP contribution in [0.25, 0.3) is 22.3 Å². The molecule has 0 fully saturated rings. The maximum absolute atomic E-state index is 13.7. The van der Waals surface area contributed by atoms with Crippen LogP contribution in [0.5, 0.6) is 0 Å². The Morgan fingerprint density at radius 2 is 1.64 bits per heavy atom. The quantitative estimate of drug-likeness (QED) is 0.353. The average molecular weight is 547 g/mol. The number of fused-ring (bicyclic) bond motifs is 2. The van der Waals surface area contributed by atoms with E-state index in [2.05, 4.69) is 19.9 Å². The van der Waals surface area contributed by atoms with Crippen LogP contribution in [0.3, 0.4) is 0 Å². The van der Waals surface area contributed by atoms with Crippen molar-refractivity contribution in [1.29, 1.82) is 0 Å². The van der Waals surface area contributed by atoms with E-state index in [0.717, 1.165) is 6.07 Å². The van der Waals surface area contributed by atoms with Crippen LogP contribution in [-0.4, -0.2) is 45.5 Å². The van der Waals surface area contributed by atoms with Crippen molar-refractivity contribution in [2.75, 3.05) is 11.3 Å². The SMILES string of the molecule is O=C(c1ccc(NS(=O)(=O)c2cccc3cccnc23)cc1)N1CCn2c(nnc2-c2cc(F)cc(F)c2)C1. The maximum Gasteiger partial charge on any atom is 0.264 e. The molecule has 5 aromatic rings. The summed E-state index contributed by atoms with van der Waals surface area (Å²) in [6, 6.07) is 17.7. The van der Waals surface area contributed by atoms with Gasteiger partial charge in [-0.3, -0.25) is 14.5 Å². The van der Waals surface area contributed by atoms with E-state index < -0.39 is 21.7 Å². The molecular formula is C27H20F2N6O3S. The summed E-state index contributed by atoms with van der Waals surface area (Å²) in [5, 5.41) is 8.90. The van der Waals surface area contributed by atoms with Gasteiger partial charge in [0.2, 0.25) is 0 Å². The van der Waals surface area contributed by atoms with Gasteiger partial charge in [0.25, 0.3) is 15.9 Å². The molecule has 0 aliphatic carbocycles. The van der Waals surface area contributed by atoms with Crippen LogP contribution >= 0.6 is 0 Å². The van der Waals surface area contributed by atoms with Crippen molar-refractivity contribution in [2.24, 2.45) is 0 Å². The summed E-state index contributed by atoms with van der Waals surface area (Å²) in [6.07, 6.45) is 1.53. The van der Waals surface area contributed by atoms with Gasteiger partial charge in [0.05, 0.1) is 12.1 Å². The van der Waals surface area contributed by atoms with Crippen molar-refractivity contribution in [3.8, 4) is 11.4 Å². The van der Waals surface area contributed by atoms with E-state index in [1.807, 2.05) is 0 Å². The predicted octanol–water partition coefficient (Wildman–Crippen LogP) is 4.23. The van der Waals surface area contributed by atoms with E-state index in [0.29, 0.717) is 46.9 Å². The fourth-order valence-electron chi connectivity index (χ4n) is 4.59. The van der Waals surface area contributed by atoms with Gasteiger partial charge in [0, 0.05) is 47.6 Å². The standard InChI is InChI=1S/C27H20F2N6O3S/c28-20-13-19(14-21(29)15-20)26-32-31-24-16-34(11-12-35(24)26)27(36)18-6-8-22(9-7-18)33-39(37,38)23-5-1-3-17-4-2-10-30-25(17)23/h1-10,13-15,33H,11-12,16H2. The van der Waals surface area contributed by atoms with Gasteiger partial charge >= 0.3 is 0 Å². The molecule has 196 valence electrons. The number of pyridine rings is 1. The van der Waals surface area contributed by atoms with E-state index in [4.69, 9.17) is 0 Å². The number of halogens is 2. The first kappa shape index (κ1) is 24.6. The molecule has 3 aromatic carbocycles. The Bertz CT molecular complexity index is 1820. The summed E-state index contributed by atoms with van der Waals surface area (Å²) >= 11 is 0. The molecule has 0 saturated carbocycles. The summed E-state index contributed by atoms with van der Waals surface area (Å²) in [7, 11) is -3.93. The first-order chi connectivity index (χ1) is 18.8. The van der Waals surface area contributed by atoms with Gasteiger partial charge < -0.3 is 9.47 Å². The zero-order chi connectivity index (χ0) is 27.1. The highest BCUT2D eigenvalue weighted by molar-refractivity contribution is 7.93. The van der Waals surface area contributed by atoms with Gasteiger partial charge in [-0.15, -0.1) is 10.2 Å². The molecule has 1 N–H and O–H groups in total. The van der Waals surface area contributed by atoms with Gasteiger partial charge in [0.15, 0.2) is 11.6 Å². The summed E-state index contributed by atoms with van der Waals surface area (Å²) < 4.78 is 57.8. The number of rotatable bonds is 5. The van der Waals surface area contributed by atoms with Crippen LogP contribution < -0.4 is 4.72 Å². The molecule has 9 nitrogen and oxygen atoms in total. The molecule has 1 aliphatic rings. The lowest BCUT2D eigenvalue weighted by molar-refractivity contribution is 0.0708. The first-order valence-corrected chi connectivity index (χ1v) is 13.4. The Hall–Kier alpha value is -4.71. The van der Waals surface area contributed by atoms with Crippen LogP contribution in [0.1, 0.15) is 16.2 Å². The number of benzene rings is 3. The third-order valence-electron chi connectivity index (χ3n) is 6.43. The third-order valence-corrected chi connectivity index (χ3v) is 7.84. The molecule has 0 spiro atoms. The van der Waals surface area contributed by atoms with Crippen LogP contribution in [-0.2, 0) is 23.1 Å². The van der Waals surface area contributed by atoms with Crippen molar-refractivity contribution < 1.29 is 22.0 Å². The predicted molar refractivity (Wildman–Crippen MR) is 139 cm³/mol. The minimum atomic E-state index is -3.93. The minimum absolute atomic E-state index is 0.0542. The van der Waals surface area contributed by atoms with Gasteiger partial charge in [-0.05, 0) is 48.5 Å². The number of nitrogens with one attached hydrogen (secondary N) is 1. The Labute approximate surface area is 221 Å². The van der Waals surface area contributed by atoms with Crippen LogP contribution in [0, 0.1) is 11.6 Å². The maximum atomic E-state index is 13.7. The molecule has 39 heavy (non-hydrogen) atoms. The number of carbonyl (C=O) groups is 1. The highest BCUT2D eigenvalue weighted by Gasteiger charge is 2.26. The number of sulfonamides is 1. The lowest BCUT2D eigenvalue weighted by atomic mass is 10.1. The van der Waals surface area contributed by atoms with E-state index in [9.17, 15) is 22.0 Å². The largest absolute Gasteiger partial charge is 0.329 e. The number of hydrogen-bond acceptors (Lipinski definition) is 6. The number of para-hydroxylation sites is 1. The summed E-state index contributed by atoms with van der Waals surface area (Å²) in [5.41, 5.74) is 1.29. The van der Waals surface area contributed by atoms with Gasteiger partial charge in [0.1, 0.15) is 16.5 Å². The van der Waals surface area contributed by atoms with Gasteiger partial charge in [-0.25, -0.2) is 17.2 Å². The van der Waals surface area contributed by atoms with Crippen LogP contribution in [0.2, 0.25) is 0 Å². The van der Waals surface area contributed by atoms with E-state index in [1.165, 1.54) is 36.5 Å². The summed E-state index contributed by atoms with van der Waals surface area (Å²) in [4.78, 5) is 19.0. The molecule has 0 unspecified atom stereocenters. The van der Waals surface area contributed by atoms with Crippen molar-refractivity contribution in [2.45, 2.75) is 18.0 Å². The highest BCUT2D eigenvalue weighted by atomic mass is 32.2. The highest BCUT2D eigenvalue weighted by Crippen LogP contribution is 2.26. The van der Waals surface area contributed by atoms with Crippen molar-refractivity contribution in [3.05, 3.63) is 102 Å². The van der Waals surface area contributed by atoms with Crippen molar-refractivity contribution >= 4 is 32.5 Å². The van der Waals surface area contributed by atoms with Crippen LogP contribution in [0.15, 0.2) is 83.9 Å². The molecule has 6 rings (SSSR count). The van der Waals surface area contributed by atoms with E-state index >= 15 is 0 Å². The third kappa shape index (κ3) is 4.70. The number of nitrogens with zero attached hydrogens (tertiary/aromatic N) is 5. The number of aromatic nitrogens is 4. The topological polar surface area (TPSA) is 110 Å². The number of hydrogen-bond donors (Lipinski definition) is 1. The zero-order valence-corrected chi connectivity index (χ0v) is 21.1. The molecule has 0 bridgehead atoms. The number of anilines is 1. The molecule has 1 aliphatic heterocycles.